The Morgan fingerprint density at radius 1 is 0.732 bits per heavy atom. The molecule has 1 aromatic heterocycles. The van der Waals surface area contributed by atoms with Gasteiger partial charge in [-0.25, -0.2) is 5.01 Å². The van der Waals surface area contributed by atoms with E-state index < -0.39 is 0 Å². The number of amides is 1. The summed E-state index contributed by atoms with van der Waals surface area (Å²) in [5.74, 6) is -0.0716. The van der Waals surface area contributed by atoms with Crippen LogP contribution in [-0.4, -0.2) is 32.5 Å². The summed E-state index contributed by atoms with van der Waals surface area (Å²) in [6.45, 7) is 0. The number of allylic oxidation sites excluding steroid dienone is 4. The van der Waals surface area contributed by atoms with Gasteiger partial charge in [0, 0.05) is 16.7 Å². The van der Waals surface area contributed by atoms with Gasteiger partial charge in [0.2, 0.25) is 0 Å². The molecule has 2 aromatic carbocycles. The number of hydrazone groups is 1. The topological polar surface area (TPSA) is 73.5 Å². The number of rotatable bonds is 7. The lowest BCUT2D eigenvalue weighted by atomic mass is 9.94. The minimum atomic E-state index is -0.0358. The van der Waals surface area contributed by atoms with Crippen LogP contribution in [0.15, 0.2) is 95.6 Å². The largest absolute Gasteiger partial charge is 0.858 e. The summed E-state index contributed by atoms with van der Waals surface area (Å²) >= 11 is 0. The first-order valence-corrected chi connectivity index (χ1v) is 15.1. The lowest BCUT2D eigenvalue weighted by Crippen LogP contribution is -2.35. The van der Waals surface area contributed by atoms with Gasteiger partial charge in [0.05, 0.1) is 23.4 Å². The van der Waals surface area contributed by atoms with E-state index in [0.29, 0.717) is 11.1 Å². The van der Waals surface area contributed by atoms with Crippen molar-refractivity contribution in [2.45, 2.75) is 76.3 Å². The zero-order valence-electron chi connectivity index (χ0n) is 23.5. The highest BCUT2D eigenvalue weighted by Gasteiger charge is 2.35. The molecule has 2 aliphatic carbocycles. The van der Waals surface area contributed by atoms with Gasteiger partial charge in [-0.1, -0.05) is 123 Å². The molecule has 0 spiro atoms. The van der Waals surface area contributed by atoms with Crippen molar-refractivity contribution in [2.75, 3.05) is 0 Å². The van der Waals surface area contributed by atoms with Crippen LogP contribution in [-0.2, 0) is 4.79 Å². The van der Waals surface area contributed by atoms with E-state index in [-0.39, 0.29) is 23.9 Å². The highest BCUT2D eigenvalue weighted by atomic mass is 16.3. The molecule has 210 valence electrons. The number of aromatic nitrogens is 2. The third-order valence-electron chi connectivity index (χ3n) is 8.49. The van der Waals surface area contributed by atoms with E-state index >= 15 is 0 Å². The quantitative estimate of drug-likeness (QED) is 0.233. The van der Waals surface area contributed by atoms with E-state index in [9.17, 15) is 9.90 Å². The molecule has 0 unspecified atom stereocenters. The van der Waals surface area contributed by atoms with Crippen molar-refractivity contribution in [3.63, 3.8) is 0 Å². The van der Waals surface area contributed by atoms with Crippen LogP contribution in [0.25, 0.3) is 17.3 Å². The smallest absolute Gasteiger partial charge is 0.276 e. The molecule has 3 aromatic rings. The Hall–Kier alpha value is -4.19. The van der Waals surface area contributed by atoms with Crippen LogP contribution in [0.2, 0.25) is 0 Å². The number of nitrogens with zero attached hydrogens (tertiary/aromatic N) is 4. The molecule has 0 bridgehead atoms. The third kappa shape index (κ3) is 5.83. The van der Waals surface area contributed by atoms with E-state index in [2.05, 4.69) is 0 Å². The van der Waals surface area contributed by atoms with E-state index in [4.69, 9.17) is 10.2 Å². The lowest BCUT2D eigenvalue weighted by molar-refractivity contribution is -0.281. The van der Waals surface area contributed by atoms with Crippen LogP contribution >= 0.6 is 0 Å². The number of benzene rings is 2. The maximum atomic E-state index is 13.5. The number of carbonyl (C=O) groups excluding carboxylic acids is 1. The molecule has 2 fully saturated rings. The summed E-state index contributed by atoms with van der Waals surface area (Å²) in [5, 5.41) is 24.9. The maximum absolute atomic E-state index is 13.5. The highest BCUT2D eigenvalue weighted by Crippen LogP contribution is 2.36. The molecule has 6 heteroatoms. The SMILES string of the molecule is O=C1/C(=C\C=CC=Cc2c(-c3ccccc3)nn(C3CCCCC3)c2[O-])C(c2ccccc2)=NN1C1CCCCC1. The summed E-state index contributed by atoms with van der Waals surface area (Å²) < 4.78 is 1.71. The Kier molecular flexibility index (Phi) is 8.26. The lowest BCUT2D eigenvalue weighted by Gasteiger charge is -2.27. The fourth-order valence-corrected chi connectivity index (χ4v) is 6.30. The number of carbonyl (C=O) groups is 1. The van der Waals surface area contributed by atoms with E-state index in [1.165, 1.54) is 12.8 Å². The molecule has 1 amide bonds. The second kappa shape index (κ2) is 12.5. The predicted octanol–water partition coefficient (Wildman–Crippen LogP) is 7.20. The zero-order chi connectivity index (χ0) is 28.0. The van der Waals surface area contributed by atoms with Crippen LogP contribution in [0.5, 0.6) is 5.88 Å². The normalized spacial score (nSPS) is 20.1. The molecular formula is C35H37N4O2-. The van der Waals surface area contributed by atoms with E-state index in [0.717, 1.165) is 73.9 Å². The Morgan fingerprint density at radius 3 is 2.00 bits per heavy atom. The fourth-order valence-electron chi connectivity index (χ4n) is 6.30. The molecule has 0 saturated heterocycles. The number of hydrogen-bond acceptors (Lipinski definition) is 4. The van der Waals surface area contributed by atoms with Crippen molar-refractivity contribution < 1.29 is 9.90 Å². The van der Waals surface area contributed by atoms with Gasteiger partial charge in [0.15, 0.2) is 0 Å². The van der Waals surface area contributed by atoms with Crippen molar-refractivity contribution in [1.82, 2.24) is 14.8 Å². The fraction of sp³-hybridized carbons (Fsp3) is 0.343. The maximum Gasteiger partial charge on any atom is 0.276 e. The van der Waals surface area contributed by atoms with Gasteiger partial charge in [-0.15, -0.1) is 0 Å². The Labute approximate surface area is 242 Å². The van der Waals surface area contributed by atoms with Crippen LogP contribution < -0.4 is 5.11 Å². The molecule has 2 saturated carbocycles. The van der Waals surface area contributed by atoms with Crippen molar-refractivity contribution in [2.24, 2.45) is 5.10 Å². The Bertz CT molecular complexity index is 1470. The average molecular weight is 546 g/mol. The van der Waals surface area contributed by atoms with Gasteiger partial charge in [0.1, 0.15) is 5.71 Å². The van der Waals surface area contributed by atoms with Crippen LogP contribution in [0.1, 0.15) is 81.4 Å². The third-order valence-corrected chi connectivity index (χ3v) is 8.49. The molecule has 41 heavy (non-hydrogen) atoms. The minimum absolute atomic E-state index is 0.0358. The summed E-state index contributed by atoms with van der Waals surface area (Å²) in [6.07, 6.45) is 20.3. The van der Waals surface area contributed by atoms with E-state index in [1.807, 2.05) is 91.0 Å². The second-order valence-electron chi connectivity index (χ2n) is 11.3. The molecule has 1 aliphatic heterocycles. The average Bonchev–Trinajstić information content (AvgIpc) is 3.55. The van der Waals surface area contributed by atoms with Gasteiger partial charge in [-0.2, -0.15) is 10.2 Å². The van der Waals surface area contributed by atoms with Crippen molar-refractivity contribution in [3.05, 3.63) is 102 Å². The molecule has 2 heterocycles. The standard InChI is InChI=1S/C35H38N4O2/c40-34-30(32(26-16-6-1-7-17-26)36-38(34)28-20-10-3-11-21-28)24-14-5-15-25-31-33(27-18-8-2-9-19-27)37-39(35(31)41)29-22-12-4-13-23-29/h1-2,5-9,14-19,24-25,28-29,40H,3-4,10-13,20-23H2/p-1/b15-5?,24-14?,31-25-. The summed E-state index contributed by atoms with van der Waals surface area (Å²) in [4.78, 5) is 13.5. The van der Waals surface area contributed by atoms with Crippen molar-refractivity contribution in [3.8, 4) is 17.1 Å². The molecular weight excluding hydrogens is 508 g/mol. The summed E-state index contributed by atoms with van der Waals surface area (Å²) in [5.41, 5.74) is 4.52. The highest BCUT2D eigenvalue weighted by molar-refractivity contribution is 6.31. The first-order valence-electron chi connectivity index (χ1n) is 15.1. The van der Waals surface area contributed by atoms with Gasteiger partial charge in [-0.3, -0.25) is 9.48 Å². The van der Waals surface area contributed by atoms with Gasteiger partial charge in [-0.05, 0) is 37.6 Å². The first-order chi connectivity index (χ1) is 20.2. The number of hydrogen-bond donors (Lipinski definition) is 0. The van der Waals surface area contributed by atoms with Crippen molar-refractivity contribution in [1.29, 1.82) is 0 Å². The van der Waals surface area contributed by atoms with Gasteiger partial charge >= 0.3 is 0 Å². The first kappa shape index (κ1) is 27.0. The van der Waals surface area contributed by atoms with Crippen LogP contribution in [0.4, 0.5) is 0 Å². The molecule has 0 radical (unpaired) electrons. The van der Waals surface area contributed by atoms with E-state index in [1.54, 1.807) is 9.69 Å². The summed E-state index contributed by atoms with van der Waals surface area (Å²) in [6, 6.07) is 20.2. The van der Waals surface area contributed by atoms with Gasteiger partial charge in [0.25, 0.3) is 5.91 Å². The minimum Gasteiger partial charge on any atom is -0.858 e. The Morgan fingerprint density at radius 2 is 1.34 bits per heavy atom. The molecule has 3 aliphatic rings. The summed E-state index contributed by atoms with van der Waals surface area (Å²) in [7, 11) is 0. The van der Waals surface area contributed by atoms with Crippen LogP contribution in [0.3, 0.4) is 0 Å². The van der Waals surface area contributed by atoms with Crippen molar-refractivity contribution >= 4 is 17.7 Å². The molecule has 0 atom stereocenters. The molecule has 0 N–H and O–H groups in total. The van der Waals surface area contributed by atoms with Crippen LogP contribution in [0, 0.1) is 0 Å². The second-order valence-corrected chi connectivity index (χ2v) is 11.3. The molecule has 6 rings (SSSR count). The predicted molar refractivity (Wildman–Crippen MR) is 162 cm³/mol. The zero-order valence-corrected chi connectivity index (χ0v) is 23.5. The van der Waals surface area contributed by atoms with Gasteiger partial charge < -0.3 is 5.11 Å². The molecule has 6 nitrogen and oxygen atoms in total. The Balaban J connectivity index is 1.27. The monoisotopic (exact) mass is 545 g/mol.